The highest BCUT2D eigenvalue weighted by Gasteiger charge is 2.30. The van der Waals surface area contributed by atoms with Gasteiger partial charge < -0.3 is 19.3 Å². The monoisotopic (exact) mass is 509 g/mol. The quantitative estimate of drug-likeness (QED) is 0.392. The minimum Gasteiger partial charge on any atom is -0.479 e. The fourth-order valence-corrected chi connectivity index (χ4v) is 5.22. The lowest BCUT2D eigenvalue weighted by molar-refractivity contribution is -0.156. The standard InChI is InChI=1S/C27H25F2N3O5/c28-20-3-1-15(10-21(20)29)24-18-9-16-12-30-32-22(16)11-19(18)26(31-25(24)14-5-7-35-8-6-14)37-17-2-4-23(27(33)34)36-13-17/h1,3,9-12,14,17,23H,2,4-8,13H2,(H,30,32)(H,33,34). The summed E-state index contributed by atoms with van der Waals surface area (Å²) in [6, 6.07) is 7.75. The molecule has 2 aliphatic heterocycles. The minimum absolute atomic E-state index is 0.0302. The number of nitrogens with zero attached hydrogens (tertiary/aromatic N) is 2. The van der Waals surface area contributed by atoms with E-state index in [-0.39, 0.29) is 18.6 Å². The van der Waals surface area contributed by atoms with Gasteiger partial charge in [-0.2, -0.15) is 5.10 Å². The Labute approximate surface area is 210 Å². The van der Waals surface area contributed by atoms with E-state index in [1.54, 1.807) is 12.3 Å². The summed E-state index contributed by atoms with van der Waals surface area (Å²) in [5.41, 5.74) is 2.76. The average Bonchev–Trinajstić information content (AvgIpc) is 3.37. The molecule has 6 rings (SSSR count). The van der Waals surface area contributed by atoms with Gasteiger partial charge in [0, 0.05) is 35.5 Å². The van der Waals surface area contributed by atoms with Crippen molar-refractivity contribution >= 4 is 27.6 Å². The van der Waals surface area contributed by atoms with Crippen LogP contribution >= 0.6 is 0 Å². The van der Waals surface area contributed by atoms with E-state index in [1.807, 2.05) is 12.1 Å². The van der Waals surface area contributed by atoms with Gasteiger partial charge in [0.05, 0.1) is 24.0 Å². The second-order valence-corrected chi connectivity index (χ2v) is 9.53. The zero-order chi connectivity index (χ0) is 25.5. The molecule has 0 aliphatic carbocycles. The van der Waals surface area contributed by atoms with Crippen LogP contribution in [0.3, 0.4) is 0 Å². The molecule has 8 nitrogen and oxygen atoms in total. The van der Waals surface area contributed by atoms with Gasteiger partial charge in [0.25, 0.3) is 0 Å². The maximum absolute atomic E-state index is 14.4. The van der Waals surface area contributed by atoms with E-state index in [2.05, 4.69) is 10.2 Å². The fourth-order valence-electron chi connectivity index (χ4n) is 5.22. The van der Waals surface area contributed by atoms with E-state index in [0.29, 0.717) is 42.9 Å². The number of aliphatic carboxylic acids is 1. The van der Waals surface area contributed by atoms with Crippen LogP contribution in [0.15, 0.2) is 36.5 Å². The number of pyridine rings is 1. The van der Waals surface area contributed by atoms with Gasteiger partial charge in [-0.15, -0.1) is 0 Å². The van der Waals surface area contributed by atoms with E-state index < -0.39 is 23.7 Å². The Morgan fingerprint density at radius 3 is 2.62 bits per heavy atom. The van der Waals surface area contributed by atoms with Crippen LogP contribution in [0, 0.1) is 11.6 Å². The van der Waals surface area contributed by atoms with Crippen molar-refractivity contribution in [1.29, 1.82) is 0 Å². The van der Waals surface area contributed by atoms with Gasteiger partial charge in [-0.05, 0) is 60.9 Å². The highest BCUT2D eigenvalue weighted by atomic mass is 19.2. The van der Waals surface area contributed by atoms with Gasteiger partial charge in [0.1, 0.15) is 6.10 Å². The van der Waals surface area contributed by atoms with Crippen LogP contribution in [0.1, 0.15) is 37.3 Å². The molecule has 2 aromatic heterocycles. The molecule has 2 aromatic carbocycles. The van der Waals surface area contributed by atoms with Crippen LogP contribution < -0.4 is 4.74 Å². The Kier molecular flexibility index (Phi) is 6.21. The average molecular weight is 510 g/mol. The lowest BCUT2D eigenvalue weighted by Crippen LogP contribution is -2.37. The molecule has 0 amide bonds. The van der Waals surface area contributed by atoms with Gasteiger partial charge in [-0.1, -0.05) is 6.07 Å². The molecule has 4 heterocycles. The second-order valence-electron chi connectivity index (χ2n) is 9.53. The number of H-pyrrole nitrogens is 1. The first kappa shape index (κ1) is 23.7. The van der Waals surface area contributed by atoms with Crippen molar-refractivity contribution in [1.82, 2.24) is 15.2 Å². The molecule has 10 heteroatoms. The summed E-state index contributed by atoms with van der Waals surface area (Å²) in [5, 5.41) is 18.7. The first-order valence-electron chi connectivity index (χ1n) is 12.3. The van der Waals surface area contributed by atoms with E-state index in [1.165, 1.54) is 6.07 Å². The van der Waals surface area contributed by atoms with Crippen molar-refractivity contribution in [2.45, 2.75) is 43.8 Å². The zero-order valence-corrected chi connectivity index (χ0v) is 19.9. The molecule has 2 fully saturated rings. The Bertz CT molecular complexity index is 1480. The van der Waals surface area contributed by atoms with Gasteiger partial charge >= 0.3 is 5.97 Å². The molecule has 4 aromatic rings. The van der Waals surface area contributed by atoms with Crippen LogP contribution in [0.25, 0.3) is 32.8 Å². The number of halogens is 2. The number of hydrogen-bond acceptors (Lipinski definition) is 6. The summed E-state index contributed by atoms with van der Waals surface area (Å²) in [4.78, 5) is 16.3. The lowest BCUT2D eigenvalue weighted by Gasteiger charge is -2.29. The number of carboxylic acids is 1. The van der Waals surface area contributed by atoms with Crippen LogP contribution in [0.4, 0.5) is 8.78 Å². The zero-order valence-electron chi connectivity index (χ0n) is 19.9. The van der Waals surface area contributed by atoms with E-state index in [0.717, 1.165) is 46.5 Å². The molecule has 0 bridgehead atoms. The van der Waals surface area contributed by atoms with Crippen molar-refractivity contribution in [2.24, 2.45) is 0 Å². The van der Waals surface area contributed by atoms with E-state index >= 15 is 0 Å². The van der Waals surface area contributed by atoms with Crippen molar-refractivity contribution in [2.75, 3.05) is 19.8 Å². The molecule has 2 atom stereocenters. The van der Waals surface area contributed by atoms with Crippen molar-refractivity contribution in [3.05, 3.63) is 53.9 Å². The summed E-state index contributed by atoms with van der Waals surface area (Å²) in [6.45, 7) is 1.28. The number of nitrogens with one attached hydrogen (secondary N) is 1. The largest absolute Gasteiger partial charge is 0.479 e. The second kappa shape index (κ2) is 9.68. The first-order valence-corrected chi connectivity index (χ1v) is 12.3. The fraction of sp³-hybridized carbons (Fsp3) is 0.370. The van der Waals surface area contributed by atoms with Crippen LogP contribution in [0.5, 0.6) is 5.88 Å². The Morgan fingerprint density at radius 2 is 1.89 bits per heavy atom. The maximum atomic E-state index is 14.4. The molecular formula is C27H25F2N3O5. The third-order valence-corrected chi connectivity index (χ3v) is 7.16. The number of aromatic amines is 1. The summed E-state index contributed by atoms with van der Waals surface area (Å²) in [7, 11) is 0. The van der Waals surface area contributed by atoms with Crippen molar-refractivity contribution < 1.29 is 32.9 Å². The third-order valence-electron chi connectivity index (χ3n) is 7.16. The Morgan fingerprint density at radius 1 is 1.05 bits per heavy atom. The molecule has 0 radical (unpaired) electrons. The van der Waals surface area contributed by atoms with E-state index in [4.69, 9.17) is 19.2 Å². The van der Waals surface area contributed by atoms with E-state index in [9.17, 15) is 18.7 Å². The van der Waals surface area contributed by atoms with Crippen LogP contribution in [-0.4, -0.2) is 58.3 Å². The predicted molar refractivity (Wildman–Crippen MR) is 131 cm³/mol. The number of carboxylic acid groups (broad SMARTS) is 1. The van der Waals surface area contributed by atoms with Gasteiger partial charge in [-0.3, -0.25) is 5.10 Å². The SMILES string of the molecule is O=C(O)C1CCC(Oc2nc(C3CCOCC3)c(-c3ccc(F)c(F)c3)c3cc4cn[nH]c4cc23)CO1. The number of benzene rings is 2. The minimum atomic E-state index is -0.985. The molecular weight excluding hydrogens is 484 g/mol. The summed E-state index contributed by atoms with van der Waals surface area (Å²) in [5.74, 6) is -2.41. The van der Waals surface area contributed by atoms with Gasteiger partial charge in [-0.25, -0.2) is 18.6 Å². The number of fused-ring (bicyclic) bond motifs is 2. The third kappa shape index (κ3) is 4.51. The molecule has 0 spiro atoms. The molecule has 2 saturated heterocycles. The Hall–Kier alpha value is -3.63. The molecule has 2 aliphatic rings. The maximum Gasteiger partial charge on any atom is 0.332 e. The number of rotatable bonds is 5. The molecule has 0 saturated carbocycles. The highest BCUT2D eigenvalue weighted by molar-refractivity contribution is 6.06. The molecule has 2 N–H and O–H groups in total. The summed E-state index contributed by atoms with van der Waals surface area (Å²) < 4.78 is 45.7. The summed E-state index contributed by atoms with van der Waals surface area (Å²) in [6.07, 6.45) is 2.79. The smallest absolute Gasteiger partial charge is 0.332 e. The normalized spacial score (nSPS) is 20.9. The topological polar surface area (TPSA) is 107 Å². The summed E-state index contributed by atoms with van der Waals surface area (Å²) >= 11 is 0. The van der Waals surface area contributed by atoms with Gasteiger partial charge in [0.2, 0.25) is 5.88 Å². The number of aromatic nitrogens is 3. The van der Waals surface area contributed by atoms with Crippen molar-refractivity contribution in [3.8, 4) is 17.0 Å². The number of ether oxygens (including phenoxy) is 3. The number of hydrogen-bond donors (Lipinski definition) is 2. The highest BCUT2D eigenvalue weighted by Crippen LogP contribution is 2.43. The predicted octanol–water partition coefficient (Wildman–Crippen LogP) is 4.96. The molecule has 192 valence electrons. The molecule has 37 heavy (non-hydrogen) atoms. The lowest BCUT2D eigenvalue weighted by atomic mass is 9.87. The first-order chi connectivity index (χ1) is 18.0. The Balaban J connectivity index is 1.53. The van der Waals surface area contributed by atoms with Crippen LogP contribution in [-0.2, 0) is 14.3 Å². The van der Waals surface area contributed by atoms with Crippen molar-refractivity contribution in [3.63, 3.8) is 0 Å². The molecule has 2 unspecified atom stereocenters. The van der Waals surface area contributed by atoms with Crippen LogP contribution in [0.2, 0.25) is 0 Å². The van der Waals surface area contributed by atoms with Gasteiger partial charge in [0.15, 0.2) is 17.7 Å². The number of carbonyl (C=O) groups is 1.